The van der Waals surface area contributed by atoms with Crippen LogP contribution in [0.2, 0.25) is 0 Å². The summed E-state index contributed by atoms with van der Waals surface area (Å²) in [5.41, 5.74) is 3.70. The summed E-state index contributed by atoms with van der Waals surface area (Å²) >= 11 is 0. The number of nitrogens with zero attached hydrogens (tertiary/aromatic N) is 6. The standard InChI is InChI=1S/C17H21N3O.C12H13NO3.C12H15NO2.C11H11NO3.C5H6O4/c18-13-19-8-6-14(11-19)10-17(21)15-7-9-20(12-15)16-4-2-1-3-5-16;1-16-12(15)9-7-11(14)13(8-9)10-5-3-2-4-6-10;1-15-12(14)10-7-8-13(9-10)11-5-3-2-4-6-11;13-10-6-8(11(14)15)7-12(10)9-4-2-1-3-5-9;1-3(5(8)9)2-4(6)7/h1-5,14-15H,6-12H2;2-6,9H,7-8H2,1H3;2-6,10H,7-9H2,1H3;1-5,8H,6-7H2,(H,14,15);1-2H2,(H,6,7)(H,8,9)/t14-,15?;;;;/m0..../s1. The number of anilines is 4. The number of aliphatic carboxylic acids is 3. The minimum absolute atomic E-state index is 0.0263. The Hall–Kier alpha value is -8.53. The molecule has 3 N–H and O–H groups in total. The van der Waals surface area contributed by atoms with Gasteiger partial charge < -0.3 is 49.3 Å². The van der Waals surface area contributed by atoms with Gasteiger partial charge in [0.2, 0.25) is 11.8 Å². The van der Waals surface area contributed by atoms with Crippen molar-refractivity contribution in [3.63, 3.8) is 0 Å². The Morgan fingerprint density at radius 1 is 0.566 bits per heavy atom. The molecule has 2 amide bonds. The number of ketones is 1. The van der Waals surface area contributed by atoms with Gasteiger partial charge in [-0.05, 0) is 73.7 Å². The zero-order valence-electron chi connectivity index (χ0n) is 42.9. The van der Waals surface area contributed by atoms with Gasteiger partial charge in [-0.2, -0.15) is 5.26 Å². The largest absolute Gasteiger partial charge is 0.481 e. The summed E-state index contributed by atoms with van der Waals surface area (Å²) < 4.78 is 9.40. The van der Waals surface area contributed by atoms with E-state index in [1.165, 1.54) is 30.5 Å². The van der Waals surface area contributed by atoms with Crippen molar-refractivity contribution in [2.75, 3.05) is 86.2 Å². The molecule has 19 heteroatoms. The zero-order valence-corrected chi connectivity index (χ0v) is 42.9. The van der Waals surface area contributed by atoms with Crippen molar-refractivity contribution >= 4 is 70.2 Å². The summed E-state index contributed by atoms with van der Waals surface area (Å²) in [5.74, 6) is -3.83. The lowest BCUT2D eigenvalue weighted by Crippen LogP contribution is -2.25. The first kappa shape index (κ1) is 58.4. The number of para-hydroxylation sites is 4. The highest BCUT2D eigenvalue weighted by atomic mass is 16.5. The van der Waals surface area contributed by atoms with Gasteiger partial charge in [-0.3, -0.25) is 33.6 Å². The fraction of sp³-hybridized carbons (Fsp3) is 0.386. The van der Waals surface area contributed by atoms with Gasteiger partial charge in [-0.1, -0.05) is 79.4 Å². The Kier molecular flexibility index (Phi) is 22.6. The quantitative estimate of drug-likeness (QED) is 0.0744. The van der Waals surface area contributed by atoms with Crippen LogP contribution in [0.4, 0.5) is 22.7 Å². The average molecular weight is 1040 g/mol. The molecule has 5 saturated heterocycles. The van der Waals surface area contributed by atoms with Gasteiger partial charge in [-0.15, -0.1) is 0 Å². The monoisotopic (exact) mass is 1040 g/mol. The molecule has 0 aliphatic carbocycles. The zero-order chi connectivity index (χ0) is 55.1. The van der Waals surface area contributed by atoms with Crippen LogP contribution in [0.3, 0.4) is 0 Å². The predicted molar refractivity (Wildman–Crippen MR) is 283 cm³/mol. The van der Waals surface area contributed by atoms with Crippen LogP contribution in [0, 0.1) is 41.0 Å². The maximum Gasteiger partial charge on any atom is 0.331 e. The first-order valence-corrected chi connectivity index (χ1v) is 25.0. The van der Waals surface area contributed by atoms with Crippen LogP contribution in [0.15, 0.2) is 133 Å². The van der Waals surface area contributed by atoms with E-state index >= 15 is 0 Å². The topological polar surface area (TPSA) is 256 Å². The maximum absolute atomic E-state index is 12.4. The molecule has 5 aliphatic rings. The van der Waals surface area contributed by atoms with Crippen LogP contribution in [0.5, 0.6) is 0 Å². The molecule has 5 heterocycles. The molecular formula is C57H66N6O13. The molecule has 76 heavy (non-hydrogen) atoms. The number of carbonyl (C=O) groups is 8. The fourth-order valence-corrected chi connectivity index (χ4v) is 9.31. The third-order valence-corrected chi connectivity index (χ3v) is 13.5. The van der Waals surface area contributed by atoms with E-state index in [2.05, 4.69) is 51.6 Å². The number of benzene rings is 4. The Morgan fingerprint density at radius 3 is 1.38 bits per heavy atom. The molecule has 5 fully saturated rings. The number of hydrogen-bond acceptors (Lipinski definition) is 14. The van der Waals surface area contributed by atoms with Gasteiger partial charge in [0.1, 0.15) is 5.78 Å². The molecular weight excluding hydrogens is 977 g/mol. The van der Waals surface area contributed by atoms with Crippen molar-refractivity contribution < 1.29 is 63.1 Å². The van der Waals surface area contributed by atoms with Gasteiger partial charge in [0, 0.05) is 106 Å². The highest BCUT2D eigenvalue weighted by Crippen LogP contribution is 2.29. The summed E-state index contributed by atoms with van der Waals surface area (Å²) in [6.07, 6.45) is 5.49. The molecule has 0 radical (unpaired) electrons. The molecule has 0 saturated carbocycles. The fourth-order valence-electron chi connectivity index (χ4n) is 9.31. The first-order chi connectivity index (χ1) is 36.5. The summed E-state index contributed by atoms with van der Waals surface area (Å²) in [6.45, 7) is 8.80. The van der Waals surface area contributed by atoms with E-state index in [1.807, 2.05) is 97.1 Å². The molecule has 4 aromatic rings. The lowest BCUT2D eigenvalue weighted by Gasteiger charge is -2.18. The molecule has 19 nitrogen and oxygen atoms in total. The number of carboxylic acid groups (broad SMARTS) is 3. The number of methoxy groups -OCH3 is 2. The second kappa shape index (κ2) is 29.4. The average Bonchev–Trinajstić information content (AvgIpc) is 4.32. The van der Waals surface area contributed by atoms with E-state index in [0.717, 1.165) is 69.9 Å². The smallest absolute Gasteiger partial charge is 0.331 e. The van der Waals surface area contributed by atoms with Gasteiger partial charge in [-0.25, -0.2) is 4.79 Å². The van der Waals surface area contributed by atoms with Crippen LogP contribution in [0.25, 0.3) is 0 Å². The van der Waals surface area contributed by atoms with E-state index in [1.54, 1.807) is 9.80 Å². The summed E-state index contributed by atoms with van der Waals surface area (Å²) in [5, 5.41) is 33.8. The number of Topliss-reactive ketones (excluding diaryl/α,β-unsaturated/α-hetero) is 1. The lowest BCUT2D eigenvalue weighted by atomic mass is 9.93. The van der Waals surface area contributed by atoms with E-state index in [9.17, 15) is 38.4 Å². The molecule has 5 atom stereocenters. The van der Waals surface area contributed by atoms with Crippen molar-refractivity contribution in [3.05, 3.63) is 133 Å². The van der Waals surface area contributed by atoms with Crippen molar-refractivity contribution in [1.82, 2.24) is 4.90 Å². The van der Waals surface area contributed by atoms with Crippen molar-refractivity contribution in [2.45, 2.75) is 44.9 Å². The first-order valence-electron chi connectivity index (χ1n) is 25.0. The number of esters is 2. The number of hydrogen-bond donors (Lipinski definition) is 3. The van der Waals surface area contributed by atoms with E-state index in [4.69, 9.17) is 25.3 Å². The Morgan fingerprint density at radius 2 is 0.987 bits per heavy atom. The summed E-state index contributed by atoms with van der Waals surface area (Å²) in [4.78, 5) is 98.3. The molecule has 4 unspecified atom stereocenters. The normalized spacial score (nSPS) is 20.2. The maximum atomic E-state index is 12.4. The predicted octanol–water partition coefficient (Wildman–Crippen LogP) is 6.40. The molecule has 402 valence electrons. The minimum Gasteiger partial charge on any atom is -0.481 e. The number of likely N-dealkylation sites (tertiary alicyclic amines) is 1. The van der Waals surface area contributed by atoms with Crippen molar-refractivity contribution in [2.24, 2.45) is 29.6 Å². The van der Waals surface area contributed by atoms with Crippen LogP contribution < -0.4 is 19.6 Å². The Bertz CT molecular complexity index is 2650. The molecule has 0 bridgehead atoms. The second-order valence-electron chi connectivity index (χ2n) is 18.8. The highest BCUT2D eigenvalue weighted by molar-refractivity contribution is 6.00. The van der Waals surface area contributed by atoms with Crippen LogP contribution in [0.1, 0.15) is 44.9 Å². The van der Waals surface area contributed by atoms with Crippen molar-refractivity contribution in [3.8, 4) is 6.19 Å². The van der Waals surface area contributed by atoms with Gasteiger partial charge >= 0.3 is 29.8 Å². The number of carbonyl (C=O) groups excluding carboxylic acids is 5. The molecule has 0 aromatic heterocycles. The molecule has 4 aromatic carbocycles. The molecule has 0 spiro atoms. The Balaban J connectivity index is 0.000000179. The minimum atomic E-state index is -1.27. The number of ether oxygens (including phenoxy) is 2. The van der Waals surface area contributed by atoms with Crippen LogP contribution in [-0.4, -0.2) is 134 Å². The number of amides is 2. The molecule has 9 rings (SSSR count). The number of rotatable bonds is 13. The Labute approximate surface area is 442 Å². The number of nitriles is 1. The van der Waals surface area contributed by atoms with Gasteiger partial charge in [0.25, 0.3) is 0 Å². The third-order valence-electron chi connectivity index (χ3n) is 13.5. The van der Waals surface area contributed by atoms with E-state index in [0.29, 0.717) is 24.7 Å². The summed E-state index contributed by atoms with van der Waals surface area (Å²) in [6, 6.07) is 39.0. The van der Waals surface area contributed by atoms with Crippen LogP contribution in [-0.2, 0) is 47.8 Å². The third kappa shape index (κ3) is 17.6. The lowest BCUT2D eigenvalue weighted by molar-refractivity contribution is -0.145. The van der Waals surface area contributed by atoms with Gasteiger partial charge in [0.05, 0.1) is 38.4 Å². The van der Waals surface area contributed by atoms with Crippen molar-refractivity contribution in [1.29, 1.82) is 5.26 Å². The molecule has 5 aliphatic heterocycles. The SMILES string of the molecule is C=C(CC(=O)O)C(=O)O.COC(=O)C1CC(=O)N(c2ccccc2)C1.COC(=O)C1CCN(c2ccccc2)C1.N#CN1CC[C@@H](CC(=O)C2CCN(c3ccccc3)C2)C1.O=C(O)C1CC(=O)N(c2ccccc2)C1. The van der Waals surface area contributed by atoms with E-state index in [-0.39, 0.29) is 66.5 Å². The summed E-state index contributed by atoms with van der Waals surface area (Å²) in [7, 11) is 2.80. The highest BCUT2D eigenvalue weighted by Gasteiger charge is 2.37. The van der Waals surface area contributed by atoms with E-state index < -0.39 is 30.2 Å². The second-order valence-corrected chi connectivity index (χ2v) is 18.8. The number of carboxylic acids is 3. The van der Waals surface area contributed by atoms with Gasteiger partial charge in [0.15, 0.2) is 6.19 Å². The van der Waals surface area contributed by atoms with Crippen LogP contribution >= 0.6 is 0 Å².